The Morgan fingerprint density at radius 3 is 2.68 bits per heavy atom. The average molecular weight is 433 g/mol. The number of carboxylic acid groups (broad SMARTS) is 1. The number of aliphatic hydroxyl groups excluding tert-OH is 1. The third-order valence-corrected chi connectivity index (χ3v) is 7.56. The van der Waals surface area contributed by atoms with Gasteiger partial charge in [0.05, 0.1) is 25.0 Å². The largest absolute Gasteiger partial charge is 0.481 e. The summed E-state index contributed by atoms with van der Waals surface area (Å²) in [5.41, 5.74) is 0.782. The van der Waals surface area contributed by atoms with E-state index in [2.05, 4.69) is 13.5 Å². The number of carbonyl (C=O) groups is 3. The Balaban J connectivity index is 1.82. The molecule has 0 aromatic rings. The predicted molar refractivity (Wildman–Crippen MR) is 113 cm³/mol. The van der Waals surface area contributed by atoms with Crippen molar-refractivity contribution in [3.8, 4) is 0 Å². The number of cyclic esters (lactones) is 1. The Kier molecular flexibility index (Phi) is 6.74. The standard InChI is InChI=1S/C24H32O7/c1-15-4-7-18-23(2,17(15)6-5-16-11-13-30-22(16)29)12-10-19(24(18,3)14-25)31-21(28)9-8-20(26)27/h5-6,11,17-19,25H,1,4,7-10,12-14H2,2-3H3,(H,26,27)/b6-5+/t17?,18?,19-,23+,24+/m1/s1. The minimum absolute atomic E-state index is 0.0232. The lowest BCUT2D eigenvalue weighted by Crippen LogP contribution is -2.58. The van der Waals surface area contributed by atoms with Crippen LogP contribution in [0.25, 0.3) is 0 Å². The van der Waals surface area contributed by atoms with E-state index < -0.39 is 23.5 Å². The summed E-state index contributed by atoms with van der Waals surface area (Å²) < 4.78 is 10.7. The van der Waals surface area contributed by atoms with E-state index in [-0.39, 0.29) is 42.7 Å². The molecule has 31 heavy (non-hydrogen) atoms. The van der Waals surface area contributed by atoms with Crippen molar-refractivity contribution < 1.29 is 34.1 Å². The van der Waals surface area contributed by atoms with Crippen LogP contribution in [0, 0.1) is 22.7 Å². The summed E-state index contributed by atoms with van der Waals surface area (Å²) >= 11 is 0. The molecule has 0 radical (unpaired) electrons. The number of hydrogen-bond donors (Lipinski definition) is 2. The molecule has 170 valence electrons. The Morgan fingerprint density at radius 2 is 2.06 bits per heavy atom. The van der Waals surface area contributed by atoms with Gasteiger partial charge in [-0.25, -0.2) is 4.79 Å². The molecule has 2 saturated carbocycles. The van der Waals surface area contributed by atoms with E-state index in [0.29, 0.717) is 18.6 Å². The molecule has 7 heteroatoms. The first-order valence-electron chi connectivity index (χ1n) is 10.9. The van der Waals surface area contributed by atoms with Crippen LogP contribution < -0.4 is 0 Å². The molecular formula is C24H32O7. The van der Waals surface area contributed by atoms with E-state index in [0.717, 1.165) is 24.8 Å². The number of carbonyl (C=O) groups excluding carboxylic acids is 2. The molecule has 7 nitrogen and oxygen atoms in total. The molecule has 0 spiro atoms. The number of rotatable bonds is 7. The number of esters is 2. The van der Waals surface area contributed by atoms with Crippen molar-refractivity contribution >= 4 is 17.9 Å². The zero-order chi connectivity index (χ0) is 22.8. The van der Waals surface area contributed by atoms with Gasteiger partial charge in [-0.05, 0) is 43.1 Å². The van der Waals surface area contributed by atoms with Crippen molar-refractivity contribution in [1.82, 2.24) is 0 Å². The first-order chi connectivity index (χ1) is 14.6. The number of ether oxygens (including phenoxy) is 2. The highest BCUT2D eigenvalue weighted by molar-refractivity contribution is 5.93. The fraction of sp³-hybridized carbons (Fsp3) is 0.625. The van der Waals surface area contributed by atoms with Crippen molar-refractivity contribution in [2.45, 2.75) is 58.5 Å². The van der Waals surface area contributed by atoms with Gasteiger partial charge in [-0.3, -0.25) is 9.59 Å². The minimum Gasteiger partial charge on any atom is -0.481 e. The number of hydrogen-bond acceptors (Lipinski definition) is 6. The third kappa shape index (κ3) is 4.47. The van der Waals surface area contributed by atoms with Crippen molar-refractivity contribution in [1.29, 1.82) is 0 Å². The molecule has 2 unspecified atom stereocenters. The van der Waals surface area contributed by atoms with E-state index in [1.54, 1.807) is 6.08 Å². The van der Waals surface area contributed by atoms with E-state index in [4.69, 9.17) is 14.6 Å². The van der Waals surface area contributed by atoms with Gasteiger partial charge in [0.25, 0.3) is 0 Å². The van der Waals surface area contributed by atoms with Crippen molar-refractivity contribution in [3.63, 3.8) is 0 Å². The smallest absolute Gasteiger partial charge is 0.338 e. The summed E-state index contributed by atoms with van der Waals surface area (Å²) in [4.78, 5) is 34.8. The molecule has 3 rings (SSSR count). The van der Waals surface area contributed by atoms with E-state index in [1.807, 2.05) is 19.1 Å². The topological polar surface area (TPSA) is 110 Å². The van der Waals surface area contributed by atoms with Gasteiger partial charge in [-0.15, -0.1) is 0 Å². The summed E-state index contributed by atoms with van der Waals surface area (Å²) in [7, 11) is 0. The first kappa shape index (κ1) is 23.3. The second kappa shape index (κ2) is 8.99. The minimum atomic E-state index is -1.04. The molecule has 0 bridgehead atoms. The first-order valence-corrected chi connectivity index (χ1v) is 10.9. The van der Waals surface area contributed by atoms with Gasteiger partial charge in [-0.1, -0.05) is 38.2 Å². The normalized spacial score (nSPS) is 35.5. The zero-order valence-corrected chi connectivity index (χ0v) is 18.3. The van der Waals surface area contributed by atoms with Crippen molar-refractivity contribution in [2.75, 3.05) is 13.2 Å². The van der Waals surface area contributed by atoms with Gasteiger partial charge in [0.1, 0.15) is 12.7 Å². The highest BCUT2D eigenvalue weighted by Gasteiger charge is 2.58. The van der Waals surface area contributed by atoms with Crippen LogP contribution in [0.5, 0.6) is 0 Å². The Labute approximate surface area is 182 Å². The molecule has 2 fully saturated rings. The molecule has 2 aliphatic carbocycles. The molecule has 0 saturated heterocycles. The Bertz CT molecular complexity index is 826. The maximum Gasteiger partial charge on any atom is 0.338 e. The molecule has 5 atom stereocenters. The molecule has 0 aromatic heterocycles. The number of fused-ring (bicyclic) bond motifs is 1. The van der Waals surface area contributed by atoms with Gasteiger partial charge in [-0.2, -0.15) is 0 Å². The van der Waals surface area contributed by atoms with E-state index >= 15 is 0 Å². The lowest BCUT2D eigenvalue weighted by Gasteiger charge is -2.59. The lowest BCUT2D eigenvalue weighted by molar-refractivity contribution is -0.185. The van der Waals surface area contributed by atoms with Crippen LogP contribution in [0.15, 0.2) is 36.0 Å². The van der Waals surface area contributed by atoms with E-state index in [9.17, 15) is 19.5 Å². The number of carboxylic acids is 1. The highest BCUT2D eigenvalue weighted by atomic mass is 16.5. The second-order valence-electron chi connectivity index (χ2n) is 9.42. The molecule has 2 N–H and O–H groups in total. The molecule has 3 aliphatic rings. The second-order valence-corrected chi connectivity index (χ2v) is 9.42. The van der Waals surface area contributed by atoms with Gasteiger partial charge < -0.3 is 19.7 Å². The van der Waals surface area contributed by atoms with Crippen LogP contribution in [0.2, 0.25) is 0 Å². The molecule has 1 heterocycles. The molecule has 0 amide bonds. The fourth-order valence-corrected chi connectivity index (χ4v) is 5.80. The maximum absolute atomic E-state index is 12.2. The number of allylic oxidation sites excluding steroid dienone is 2. The number of aliphatic carboxylic acids is 1. The van der Waals surface area contributed by atoms with Gasteiger partial charge in [0.15, 0.2) is 0 Å². The summed E-state index contributed by atoms with van der Waals surface area (Å²) in [5, 5.41) is 19.2. The maximum atomic E-state index is 12.2. The van der Waals surface area contributed by atoms with Crippen LogP contribution in [0.1, 0.15) is 52.4 Å². The van der Waals surface area contributed by atoms with Crippen LogP contribution in [-0.2, 0) is 23.9 Å². The van der Waals surface area contributed by atoms with Crippen LogP contribution in [-0.4, -0.2) is 47.4 Å². The summed E-state index contributed by atoms with van der Waals surface area (Å²) in [6, 6.07) is 0. The third-order valence-electron chi connectivity index (χ3n) is 7.56. The van der Waals surface area contributed by atoms with Gasteiger partial charge in [0, 0.05) is 11.3 Å². The van der Waals surface area contributed by atoms with Crippen molar-refractivity contribution in [2.24, 2.45) is 22.7 Å². The summed E-state index contributed by atoms with van der Waals surface area (Å²) in [6.45, 7) is 8.59. The van der Waals surface area contributed by atoms with Crippen molar-refractivity contribution in [3.05, 3.63) is 36.0 Å². The Hall–Kier alpha value is -2.41. The fourth-order valence-electron chi connectivity index (χ4n) is 5.80. The molecular weight excluding hydrogens is 400 g/mol. The van der Waals surface area contributed by atoms with Crippen LogP contribution in [0.4, 0.5) is 0 Å². The molecule has 1 aliphatic heterocycles. The van der Waals surface area contributed by atoms with Gasteiger partial charge >= 0.3 is 17.9 Å². The SMILES string of the molecule is C=C1CCC2[C@@](C)(CC[C@@H](OC(=O)CCC(=O)O)[C@@]2(C)CO)C1/C=C/C1=CCOC1=O. The quantitative estimate of drug-likeness (QED) is 0.470. The van der Waals surface area contributed by atoms with E-state index in [1.165, 1.54) is 0 Å². The van der Waals surface area contributed by atoms with Crippen LogP contribution >= 0.6 is 0 Å². The lowest BCUT2D eigenvalue weighted by atomic mass is 9.46. The molecule has 0 aromatic carbocycles. The monoisotopic (exact) mass is 432 g/mol. The zero-order valence-electron chi connectivity index (χ0n) is 18.3. The Morgan fingerprint density at radius 1 is 1.32 bits per heavy atom. The summed E-state index contributed by atoms with van der Waals surface area (Å²) in [6.07, 6.45) is 7.63. The summed E-state index contributed by atoms with van der Waals surface area (Å²) in [5.74, 6) is -1.81. The average Bonchev–Trinajstić information content (AvgIpc) is 3.13. The van der Waals surface area contributed by atoms with Crippen LogP contribution in [0.3, 0.4) is 0 Å². The highest BCUT2D eigenvalue weighted by Crippen LogP contribution is 2.61. The predicted octanol–water partition coefficient (Wildman–Crippen LogP) is 3.18. The number of aliphatic hydroxyl groups is 1. The van der Waals surface area contributed by atoms with Gasteiger partial charge in [0.2, 0.25) is 0 Å².